The van der Waals surface area contributed by atoms with Crippen LogP contribution in [0.3, 0.4) is 0 Å². The Labute approximate surface area is 240 Å². The normalized spacial score (nSPS) is 16.7. The van der Waals surface area contributed by atoms with Gasteiger partial charge in [-0.1, -0.05) is 115 Å². The molecule has 39 heavy (non-hydrogen) atoms. The number of hydroxylamine groups is 2. The van der Waals surface area contributed by atoms with Crippen LogP contribution in [0.4, 0.5) is 0 Å². The van der Waals surface area contributed by atoms with E-state index in [4.69, 9.17) is 14.4 Å². The molecule has 0 radical (unpaired) electrons. The van der Waals surface area contributed by atoms with Crippen LogP contribution in [0, 0.1) is 0 Å². The highest BCUT2D eigenvalue weighted by Crippen LogP contribution is 2.40. The molecule has 0 saturated carbocycles. The third-order valence-electron chi connectivity index (χ3n) is 7.78. The molecule has 0 amide bonds. The first kappa shape index (κ1) is 35.1. The second kappa shape index (κ2) is 20.1. The van der Waals surface area contributed by atoms with E-state index in [1.54, 1.807) is 0 Å². The van der Waals surface area contributed by atoms with Crippen LogP contribution in [0.15, 0.2) is 30.3 Å². The van der Waals surface area contributed by atoms with Gasteiger partial charge in [-0.15, -0.1) is 5.06 Å². The third-order valence-corrected chi connectivity index (χ3v) is 7.78. The smallest absolute Gasteiger partial charge is 0.325 e. The lowest BCUT2D eigenvalue weighted by Gasteiger charge is -2.52. The largest absolute Gasteiger partial charge is 0.490 e. The predicted molar refractivity (Wildman–Crippen MR) is 163 cm³/mol. The Morgan fingerprint density at radius 2 is 1.15 bits per heavy atom. The molecule has 1 fully saturated rings. The minimum Gasteiger partial charge on any atom is -0.490 e. The van der Waals surface area contributed by atoms with Gasteiger partial charge in [0, 0.05) is 19.3 Å². The van der Waals surface area contributed by atoms with E-state index in [9.17, 15) is 4.79 Å². The van der Waals surface area contributed by atoms with Gasteiger partial charge in [0.05, 0.1) is 11.1 Å². The van der Waals surface area contributed by atoms with Gasteiger partial charge in [0.1, 0.15) is 18.6 Å². The van der Waals surface area contributed by atoms with Crippen LogP contribution < -0.4 is 4.74 Å². The first-order valence-electron chi connectivity index (χ1n) is 15.8. The zero-order valence-corrected chi connectivity index (χ0v) is 26.0. The molecular weight excluding hydrogens is 486 g/mol. The Kier molecular flexibility index (Phi) is 18.1. The first-order chi connectivity index (χ1) is 18.7. The van der Waals surface area contributed by atoms with Crippen LogP contribution in [-0.2, 0) is 14.4 Å². The molecule has 2 rings (SSSR count). The van der Waals surface area contributed by atoms with Crippen molar-refractivity contribution < 1.29 is 19.2 Å². The summed E-state index contributed by atoms with van der Waals surface area (Å²) in [6, 6.07) is 10.0. The lowest BCUT2D eigenvalue weighted by atomic mass is 9.80. The number of benzene rings is 1. The highest BCUT2D eigenvalue weighted by Gasteiger charge is 2.49. The van der Waals surface area contributed by atoms with E-state index in [0.717, 1.165) is 31.4 Å². The summed E-state index contributed by atoms with van der Waals surface area (Å²) in [7, 11) is 0. The van der Waals surface area contributed by atoms with Gasteiger partial charge in [0.15, 0.2) is 0 Å². The quantitative estimate of drug-likeness (QED) is 0.162. The van der Waals surface area contributed by atoms with Crippen LogP contribution in [0.5, 0.6) is 5.75 Å². The lowest BCUT2D eigenvalue weighted by molar-refractivity contribution is -0.274. The van der Waals surface area contributed by atoms with E-state index in [-0.39, 0.29) is 23.2 Å². The summed E-state index contributed by atoms with van der Waals surface area (Å²) in [5.74, 6) is 0.802. The van der Waals surface area contributed by atoms with Crippen molar-refractivity contribution in [3.8, 4) is 5.75 Å². The second-order valence-corrected chi connectivity index (χ2v) is 12.5. The Morgan fingerprint density at radius 3 is 1.59 bits per heavy atom. The highest BCUT2D eigenvalue weighted by atomic mass is 16.7. The van der Waals surface area contributed by atoms with Gasteiger partial charge in [-0.2, -0.15) is 0 Å². The summed E-state index contributed by atoms with van der Waals surface area (Å²) in [4.78, 5) is 26.7. The maximum Gasteiger partial charge on any atom is 0.325 e. The third kappa shape index (κ3) is 14.9. The van der Waals surface area contributed by atoms with Crippen molar-refractivity contribution in [2.75, 3.05) is 0 Å². The Morgan fingerprint density at radius 1 is 0.744 bits per heavy atom. The summed E-state index contributed by atoms with van der Waals surface area (Å²) in [6.07, 6.45) is 22.2. The molecule has 1 aliphatic rings. The molecule has 0 atom stereocenters. The first-order valence-corrected chi connectivity index (χ1v) is 15.8. The average Bonchev–Trinajstić information content (AvgIpc) is 2.90. The molecule has 1 heterocycles. The molecule has 0 aromatic heterocycles. The van der Waals surface area contributed by atoms with Crippen LogP contribution in [0.1, 0.15) is 150 Å². The predicted octanol–water partition coefficient (Wildman–Crippen LogP) is 9.62. The van der Waals surface area contributed by atoms with Gasteiger partial charge in [-0.25, -0.2) is 0 Å². The zero-order valence-electron chi connectivity index (χ0n) is 26.0. The monoisotopic (exact) mass is 545 g/mol. The minimum atomic E-state index is -0.286. The topological polar surface area (TPSA) is 55.8 Å². The number of ether oxygens (including phenoxy) is 1. The number of nitrogens with zero attached hydrogens (tertiary/aromatic N) is 1. The molecule has 0 unspecified atom stereocenters. The Balaban J connectivity index is 0.00000371. The minimum absolute atomic E-state index is 0.0953. The number of hydrogen-bond donors (Lipinski definition) is 0. The molecule has 1 aromatic carbocycles. The summed E-state index contributed by atoms with van der Waals surface area (Å²) in [5, 5.41) is 1.94. The van der Waals surface area contributed by atoms with Gasteiger partial charge in [0.25, 0.3) is 0 Å². The summed E-state index contributed by atoms with van der Waals surface area (Å²) >= 11 is 0. The van der Waals surface area contributed by atoms with Crippen molar-refractivity contribution in [2.45, 2.75) is 167 Å². The fourth-order valence-electron chi connectivity index (χ4n) is 5.98. The summed E-state index contributed by atoms with van der Waals surface area (Å²) in [5.41, 5.74) is -0.572. The van der Waals surface area contributed by atoms with E-state index in [2.05, 4.69) is 34.6 Å². The van der Waals surface area contributed by atoms with Crippen LogP contribution in [-0.4, -0.2) is 35.0 Å². The number of unbranched alkanes of at least 4 members (excludes halogenated alkanes) is 14. The molecular formula is C34H59NO4. The van der Waals surface area contributed by atoms with Gasteiger partial charge in [0.2, 0.25) is 0 Å². The van der Waals surface area contributed by atoms with Gasteiger partial charge < -0.3 is 14.4 Å². The van der Waals surface area contributed by atoms with Crippen LogP contribution in [0.2, 0.25) is 0 Å². The molecule has 5 nitrogen and oxygen atoms in total. The van der Waals surface area contributed by atoms with E-state index < -0.39 is 0 Å². The van der Waals surface area contributed by atoms with Crippen molar-refractivity contribution in [2.24, 2.45) is 0 Å². The summed E-state index contributed by atoms with van der Waals surface area (Å²) < 4.78 is 6.27. The number of rotatable bonds is 19. The molecule has 1 aromatic rings. The molecule has 0 spiro atoms. The number of carbonyl (C=O) groups excluding carboxylic acids is 2. The van der Waals surface area contributed by atoms with Gasteiger partial charge in [-0.05, 0) is 46.2 Å². The Bertz CT molecular complexity index is 731. The van der Waals surface area contributed by atoms with E-state index in [0.29, 0.717) is 6.42 Å². The van der Waals surface area contributed by atoms with E-state index in [1.165, 1.54) is 83.5 Å². The van der Waals surface area contributed by atoms with Crippen molar-refractivity contribution >= 4 is 12.8 Å². The standard InChI is InChI=1S/C33H57NO3.CH2O/c1-6-7-8-9-10-11-12-13-14-15-16-17-18-19-23-26-31(35)37-34-32(2,3)27-30(28-33(34,4)5)36-29-24-21-20-22-25-29;1-2/h20-22,24-25,30H,6-19,23,26-28H2,1-5H3;1H2. The van der Waals surface area contributed by atoms with Crippen molar-refractivity contribution in [1.29, 1.82) is 0 Å². The fraction of sp³-hybridized carbons (Fsp3) is 0.765. The van der Waals surface area contributed by atoms with Crippen LogP contribution >= 0.6 is 0 Å². The summed E-state index contributed by atoms with van der Waals surface area (Å²) in [6.45, 7) is 12.9. The molecule has 0 aliphatic carbocycles. The second-order valence-electron chi connectivity index (χ2n) is 12.5. The van der Waals surface area contributed by atoms with Gasteiger partial charge >= 0.3 is 5.97 Å². The number of piperidine rings is 1. The average molecular weight is 546 g/mol. The number of hydrogen-bond acceptors (Lipinski definition) is 5. The number of carbonyl (C=O) groups is 2. The highest BCUT2D eigenvalue weighted by molar-refractivity contribution is 5.69. The van der Waals surface area contributed by atoms with Gasteiger partial charge in [-0.3, -0.25) is 4.79 Å². The maximum atomic E-state index is 12.7. The van der Waals surface area contributed by atoms with Crippen molar-refractivity contribution in [3.05, 3.63) is 30.3 Å². The van der Waals surface area contributed by atoms with E-state index >= 15 is 0 Å². The molecule has 5 heteroatoms. The number of para-hydroxylation sites is 1. The SMILES string of the molecule is C=O.CCCCCCCCCCCCCCCCCC(=O)ON1C(C)(C)CC(Oc2ccccc2)CC1(C)C. The lowest BCUT2D eigenvalue weighted by Crippen LogP contribution is -2.62. The van der Waals surface area contributed by atoms with Crippen molar-refractivity contribution in [1.82, 2.24) is 5.06 Å². The fourth-order valence-corrected chi connectivity index (χ4v) is 5.98. The molecule has 0 N–H and O–H groups in total. The Hall–Kier alpha value is -1.88. The molecule has 0 bridgehead atoms. The molecule has 224 valence electrons. The van der Waals surface area contributed by atoms with E-state index in [1.807, 2.05) is 42.2 Å². The van der Waals surface area contributed by atoms with Crippen molar-refractivity contribution in [3.63, 3.8) is 0 Å². The molecule has 1 saturated heterocycles. The maximum absolute atomic E-state index is 12.7. The zero-order chi connectivity index (χ0) is 29.0. The molecule has 1 aliphatic heterocycles. The van der Waals surface area contributed by atoms with Crippen LogP contribution in [0.25, 0.3) is 0 Å².